The van der Waals surface area contributed by atoms with Crippen LogP contribution in [0.1, 0.15) is 16.7 Å². The molecule has 4 amide bonds. The number of anilines is 1. The number of aryl methyl sites for hydroxylation is 1. The second kappa shape index (κ2) is 10.8. The molecule has 0 radical (unpaired) electrons. The van der Waals surface area contributed by atoms with Gasteiger partial charge in [0.2, 0.25) is 0 Å². The summed E-state index contributed by atoms with van der Waals surface area (Å²) in [5.41, 5.74) is 2.83. The van der Waals surface area contributed by atoms with Gasteiger partial charge in [-0.05, 0) is 83.1 Å². The summed E-state index contributed by atoms with van der Waals surface area (Å²) in [6.45, 7) is 2.37. The Morgan fingerprint density at radius 1 is 0.972 bits per heavy atom. The lowest BCUT2D eigenvalue weighted by molar-refractivity contribution is -0.122. The number of benzene rings is 3. The maximum Gasteiger partial charge on any atom is 0.335 e. The van der Waals surface area contributed by atoms with Gasteiger partial charge in [-0.15, -0.1) is 0 Å². The predicted octanol–water partition coefficient (Wildman–Crippen LogP) is 4.86. The van der Waals surface area contributed by atoms with Gasteiger partial charge in [-0.2, -0.15) is 0 Å². The molecule has 1 N–H and O–H groups in total. The molecule has 8 nitrogen and oxygen atoms in total. The van der Waals surface area contributed by atoms with Crippen molar-refractivity contribution in [2.24, 2.45) is 0 Å². The second-order valence-electron chi connectivity index (χ2n) is 7.97. The number of halogens is 1. The molecular formula is C27H23IN2O6. The summed E-state index contributed by atoms with van der Waals surface area (Å²) in [5, 5.41) is 2.22. The monoisotopic (exact) mass is 598 g/mol. The van der Waals surface area contributed by atoms with Crippen LogP contribution in [0.25, 0.3) is 6.08 Å². The smallest absolute Gasteiger partial charge is 0.335 e. The third kappa shape index (κ3) is 5.35. The van der Waals surface area contributed by atoms with Gasteiger partial charge in [0.05, 0.1) is 23.5 Å². The van der Waals surface area contributed by atoms with Gasteiger partial charge in [0.25, 0.3) is 11.8 Å². The lowest BCUT2D eigenvalue weighted by Crippen LogP contribution is -2.54. The third-order valence-electron chi connectivity index (χ3n) is 5.46. The molecule has 3 aromatic carbocycles. The minimum absolute atomic E-state index is 0.184. The van der Waals surface area contributed by atoms with Crippen molar-refractivity contribution < 1.29 is 28.6 Å². The average molecular weight is 598 g/mol. The summed E-state index contributed by atoms with van der Waals surface area (Å²) in [4.78, 5) is 39.1. The first-order chi connectivity index (χ1) is 17.3. The fraction of sp³-hybridized carbons (Fsp3) is 0.148. The van der Waals surface area contributed by atoms with Crippen LogP contribution < -0.4 is 24.4 Å². The minimum atomic E-state index is -0.820. The number of rotatable bonds is 7. The van der Waals surface area contributed by atoms with E-state index < -0.39 is 17.8 Å². The highest BCUT2D eigenvalue weighted by atomic mass is 127. The van der Waals surface area contributed by atoms with Crippen LogP contribution in [0.2, 0.25) is 0 Å². The largest absolute Gasteiger partial charge is 0.497 e. The number of urea groups is 1. The SMILES string of the molecule is COc1ccc(N2C(=O)NC(=O)/C(=C\c3cc(I)c(OCc4cccc(C)c4)c(OC)c3)C2=O)cc1. The molecule has 1 aliphatic heterocycles. The molecule has 0 aromatic heterocycles. The number of nitrogens with zero attached hydrogens (tertiary/aromatic N) is 1. The van der Waals surface area contributed by atoms with Crippen molar-refractivity contribution in [3.8, 4) is 17.2 Å². The maximum absolute atomic E-state index is 13.2. The fourth-order valence-corrected chi connectivity index (χ4v) is 4.49. The van der Waals surface area contributed by atoms with Crippen molar-refractivity contribution in [1.29, 1.82) is 0 Å². The van der Waals surface area contributed by atoms with E-state index in [4.69, 9.17) is 14.2 Å². The Hall–Kier alpha value is -3.86. The molecule has 184 valence electrons. The van der Waals surface area contributed by atoms with Gasteiger partial charge >= 0.3 is 6.03 Å². The van der Waals surface area contributed by atoms with Crippen molar-refractivity contribution >= 4 is 52.2 Å². The van der Waals surface area contributed by atoms with E-state index >= 15 is 0 Å². The Labute approximate surface area is 222 Å². The number of imide groups is 2. The average Bonchev–Trinajstić information content (AvgIpc) is 2.86. The van der Waals surface area contributed by atoms with E-state index in [2.05, 4.69) is 27.9 Å². The quantitative estimate of drug-likeness (QED) is 0.237. The summed E-state index contributed by atoms with van der Waals surface area (Å²) in [7, 11) is 3.03. The number of methoxy groups -OCH3 is 2. The lowest BCUT2D eigenvalue weighted by Gasteiger charge is -2.26. The Balaban J connectivity index is 1.63. The number of hydrogen-bond acceptors (Lipinski definition) is 6. The Morgan fingerprint density at radius 3 is 2.39 bits per heavy atom. The highest BCUT2D eigenvalue weighted by Gasteiger charge is 2.36. The van der Waals surface area contributed by atoms with Gasteiger partial charge in [-0.1, -0.05) is 29.8 Å². The van der Waals surface area contributed by atoms with E-state index in [0.717, 1.165) is 19.6 Å². The molecule has 1 saturated heterocycles. The van der Waals surface area contributed by atoms with Crippen molar-refractivity contribution in [2.45, 2.75) is 13.5 Å². The van der Waals surface area contributed by atoms with E-state index in [9.17, 15) is 14.4 Å². The molecule has 0 spiro atoms. The van der Waals surface area contributed by atoms with Gasteiger partial charge in [0, 0.05) is 0 Å². The first-order valence-electron chi connectivity index (χ1n) is 10.9. The number of carbonyl (C=O) groups is 3. The summed E-state index contributed by atoms with van der Waals surface area (Å²) >= 11 is 2.12. The van der Waals surface area contributed by atoms with E-state index in [1.807, 2.05) is 31.2 Å². The molecule has 0 unspecified atom stereocenters. The van der Waals surface area contributed by atoms with Gasteiger partial charge < -0.3 is 14.2 Å². The summed E-state index contributed by atoms with van der Waals surface area (Å²) in [5.74, 6) is 0.0670. The molecule has 36 heavy (non-hydrogen) atoms. The van der Waals surface area contributed by atoms with Crippen molar-refractivity contribution in [2.75, 3.05) is 19.1 Å². The van der Waals surface area contributed by atoms with Crippen LogP contribution >= 0.6 is 22.6 Å². The number of barbiturate groups is 1. The normalized spacial score (nSPS) is 14.6. The van der Waals surface area contributed by atoms with Crippen molar-refractivity contribution in [3.63, 3.8) is 0 Å². The Kier molecular flexibility index (Phi) is 7.58. The van der Waals surface area contributed by atoms with Crippen LogP contribution in [0, 0.1) is 10.5 Å². The fourth-order valence-electron chi connectivity index (χ4n) is 3.71. The van der Waals surface area contributed by atoms with E-state index in [1.54, 1.807) is 36.4 Å². The molecule has 3 aromatic rings. The van der Waals surface area contributed by atoms with E-state index in [-0.39, 0.29) is 5.57 Å². The first kappa shape index (κ1) is 25.2. The number of amides is 4. The topological polar surface area (TPSA) is 94.2 Å². The van der Waals surface area contributed by atoms with E-state index in [0.29, 0.717) is 35.1 Å². The standard InChI is InChI=1S/C27H23IN2O6/c1-16-5-4-6-17(11-16)15-36-24-22(28)13-18(14-23(24)35-3)12-21-25(31)29-27(33)30(26(21)32)19-7-9-20(34-2)10-8-19/h4-14H,15H2,1-3H3,(H,29,31,33)/b21-12+. The molecule has 1 aliphatic rings. The van der Waals surface area contributed by atoms with Crippen molar-refractivity contribution in [3.05, 3.63) is 86.5 Å². The maximum atomic E-state index is 13.2. The summed E-state index contributed by atoms with van der Waals surface area (Å²) in [6.07, 6.45) is 1.43. The minimum Gasteiger partial charge on any atom is -0.497 e. The molecule has 4 rings (SSSR count). The lowest BCUT2D eigenvalue weighted by atomic mass is 10.1. The third-order valence-corrected chi connectivity index (χ3v) is 6.26. The Morgan fingerprint density at radius 2 is 1.72 bits per heavy atom. The number of ether oxygens (including phenoxy) is 3. The zero-order chi connectivity index (χ0) is 25.8. The van der Waals surface area contributed by atoms with Gasteiger partial charge in [0.15, 0.2) is 11.5 Å². The molecule has 9 heteroatoms. The number of hydrogen-bond donors (Lipinski definition) is 1. The van der Waals surface area contributed by atoms with Crippen LogP contribution in [0.3, 0.4) is 0 Å². The zero-order valence-corrected chi connectivity index (χ0v) is 22.0. The van der Waals surface area contributed by atoms with Crippen LogP contribution in [0.4, 0.5) is 10.5 Å². The van der Waals surface area contributed by atoms with Crippen molar-refractivity contribution in [1.82, 2.24) is 5.32 Å². The highest BCUT2D eigenvalue weighted by molar-refractivity contribution is 14.1. The van der Waals surface area contributed by atoms with Gasteiger partial charge in [-0.25, -0.2) is 9.69 Å². The molecule has 0 saturated carbocycles. The first-order valence-corrected chi connectivity index (χ1v) is 12.0. The number of carbonyl (C=O) groups excluding carboxylic acids is 3. The molecule has 1 fully saturated rings. The highest BCUT2D eigenvalue weighted by Crippen LogP contribution is 2.35. The van der Waals surface area contributed by atoms with Crippen LogP contribution in [-0.4, -0.2) is 32.1 Å². The molecule has 0 atom stereocenters. The zero-order valence-electron chi connectivity index (χ0n) is 19.8. The Bertz CT molecular complexity index is 1370. The summed E-state index contributed by atoms with van der Waals surface area (Å²) < 4.78 is 17.4. The molecular weight excluding hydrogens is 575 g/mol. The predicted molar refractivity (Wildman–Crippen MR) is 143 cm³/mol. The molecule has 0 aliphatic carbocycles. The van der Waals surface area contributed by atoms with E-state index in [1.165, 1.54) is 20.3 Å². The van der Waals surface area contributed by atoms with Crippen LogP contribution in [0.15, 0.2) is 66.2 Å². The van der Waals surface area contributed by atoms with Crippen LogP contribution in [0.5, 0.6) is 17.2 Å². The molecule has 1 heterocycles. The summed E-state index contributed by atoms with van der Waals surface area (Å²) in [6, 6.07) is 17.0. The number of nitrogens with one attached hydrogen (secondary N) is 1. The second-order valence-corrected chi connectivity index (χ2v) is 9.13. The van der Waals surface area contributed by atoms with Crippen LogP contribution in [-0.2, 0) is 16.2 Å². The van der Waals surface area contributed by atoms with Gasteiger partial charge in [-0.3, -0.25) is 14.9 Å². The molecule has 0 bridgehead atoms. The van der Waals surface area contributed by atoms with Gasteiger partial charge in [0.1, 0.15) is 17.9 Å².